The fourth-order valence-electron chi connectivity index (χ4n) is 6.66. The molecule has 53 heavy (non-hydrogen) atoms. The van der Waals surface area contributed by atoms with Gasteiger partial charge in [0, 0.05) is 54.5 Å². The van der Waals surface area contributed by atoms with Crippen LogP contribution in [0.25, 0.3) is 40.0 Å². The van der Waals surface area contributed by atoms with E-state index in [1.165, 1.54) is 57.1 Å². The van der Waals surface area contributed by atoms with E-state index in [9.17, 15) is 14.7 Å². The zero-order valence-electron chi connectivity index (χ0n) is 31.6. The highest BCUT2D eigenvalue weighted by atomic mass is 16.7. The van der Waals surface area contributed by atoms with Crippen molar-refractivity contribution in [3.63, 3.8) is 0 Å². The molecule has 1 amide bonds. The molecule has 1 unspecified atom stereocenters. The fraction of sp³-hybridized carbons (Fsp3) is 0.409. The van der Waals surface area contributed by atoms with Crippen molar-refractivity contribution < 1.29 is 19.5 Å². The topological polar surface area (TPSA) is 120 Å². The predicted molar refractivity (Wildman–Crippen MR) is 216 cm³/mol. The number of carbonyl (C=O) groups excluding carboxylic acids is 1. The van der Waals surface area contributed by atoms with E-state index >= 15 is 0 Å². The van der Waals surface area contributed by atoms with Crippen LogP contribution in [0.2, 0.25) is 0 Å². The van der Waals surface area contributed by atoms with Gasteiger partial charge in [-0.1, -0.05) is 118 Å². The van der Waals surface area contributed by atoms with E-state index in [0.717, 1.165) is 71.0 Å². The number of unbranched alkanes of at least 4 members (excludes halogenated alkanes) is 9. The number of oxime groups is 1. The zero-order valence-corrected chi connectivity index (χ0v) is 31.6. The van der Waals surface area contributed by atoms with Crippen LogP contribution in [0.3, 0.4) is 0 Å². The summed E-state index contributed by atoms with van der Waals surface area (Å²) in [6.07, 6.45) is 15.4. The number of H-pyrrole nitrogens is 1. The number of aliphatic carboxylic acids is 1. The molecule has 1 aliphatic heterocycles. The molecule has 1 atom stereocenters. The largest absolute Gasteiger partial charge is 0.478 e. The number of carboxylic acids is 1. The van der Waals surface area contributed by atoms with Gasteiger partial charge in [0.05, 0.1) is 17.1 Å². The van der Waals surface area contributed by atoms with Gasteiger partial charge in [-0.05, 0) is 61.7 Å². The Morgan fingerprint density at radius 1 is 0.792 bits per heavy atom. The Balaban J connectivity index is 1.24. The molecule has 0 saturated heterocycles. The lowest BCUT2D eigenvalue weighted by atomic mass is 10.00. The number of imidazole rings is 1. The number of nitrogens with one attached hydrogen (secondary N) is 2. The van der Waals surface area contributed by atoms with Crippen LogP contribution in [0.1, 0.15) is 103 Å². The Labute approximate surface area is 314 Å². The van der Waals surface area contributed by atoms with Gasteiger partial charge in [0.1, 0.15) is 5.82 Å². The lowest BCUT2D eigenvalue weighted by Gasteiger charge is -2.20. The molecule has 280 valence electrons. The van der Waals surface area contributed by atoms with Crippen LogP contribution in [0.4, 0.5) is 5.69 Å². The van der Waals surface area contributed by atoms with Crippen molar-refractivity contribution in [1.29, 1.82) is 0 Å². The van der Waals surface area contributed by atoms with E-state index in [-0.39, 0.29) is 12.3 Å². The van der Waals surface area contributed by atoms with Crippen molar-refractivity contribution >= 4 is 29.4 Å². The van der Waals surface area contributed by atoms with Gasteiger partial charge in [-0.2, -0.15) is 0 Å². The van der Waals surface area contributed by atoms with Gasteiger partial charge in [0.15, 0.2) is 0 Å². The Morgan fingerprint density at radius 3 is 1.98 bits per heavy atom. The number of benzene rings is 3. The van der Waals surface area contributed by atoms with Gasteiger partial charge in [-0.3, -0.25) is 4.79 Å². The first-order chi connectivity index (χ1) is 25.9. The number of hydrogen-bond acceptors (Lipinski definition) is 6. The second kappa shape index (κ2) is 20.2. The minimum atomic E-state index is -1.02. The molecular formula is C44H55N5O4. The molecule has 1 aromatic heterocycles. The molecule has 2 heterocycles. The highest BCUT2D eigenvalue weighted by molar-refractivity contribution is 6.03. The number of amides is 1. The number of anilines is 1. The molecule has 0 spiro atoms. The van der Waals surface area contributed by atoms with Gasteiger partial charge in [-0.25, -0.2) is 9.78 Å². The maximum atomic E-state index is 12.5. The van der Waals surface area contributed by atoms with Crippen LogP contribution in [-0.4, -0.2) is 58.4 Å². The first-order valence-electron chi connectivity index (χ1n) is 19.5. The average molecular weight is 718 g/mol. The fourth-order valence-corrected chi connectivity index (χ4v) is 6.66. The maximum Gasteiger partial charge on any atom is 0.348 e. The van der Waals surface area contributed by atoms with E-state index in [0.29, 0.717) is 12.3 Å². The molecule has 0 radical (unpaired) electrons. The van der Waals surface area contributed by atoms with Crippen molar-refractivity contribution in [3.05, 3.63) is 90.0 Å². The molecule has 5 rings (SSSR count). The molecule has 0 fully saturated rings. The number of carboxylic acid groups (broad SMARTS) is 1. The van der Waals surface area contributed by atoms with E-state index in [4.69, 9.17) is 9.82 Å². The van der Waals surface area contributed by atoms with Crippen molar-refractivity contribution in [3.8, 4) is 33.9 Å². The molecule has 1 aliphatic rings. The summed E-state index contributed by atoms with van der Waals surface area (Å²) in [5.41, 5.74) is 8.03. The van der Waals surface area contributed by atoms with Gasteiger partial charge in [0.2, 0.25) is 12.0 Å². The molecule has 3 N–H and O–H groups in total. The summed E-state index contributed by atoms with van der Waals surface area (Å²) in [4.78, 5) is 39.9. The molecule has 9 heteroatoms. The van der Waals surface area contributed by atoms with Crippen molar-refractivity contribution in [2.24, 2.45) is 5.16 Å². The van der Waals surface area contributed by atoms with Crippen LogP contribution < -0.4 is 10.2 Å². The second-order valence-corrected chi connectivity index (χ2v) is 13.7. The number of nitrogens with zero attached hydrogens (tertiary/aromatic N) is 3. The summed E-state index contributed by atoms with van der Waals surface area (Å²) < 4.78 is 0. The normalized spacial score (nSPS) is 13.9. The average Bonchev–Trinajstić information content (AvgIpc) is 3.87. The predicted octanol–water partition coefficient (Wildman–Crippen LogP) is 9.88. The maximum absolute atomic E-state index is 12.5. The number of rotatable bonds is 21. The quantitative estimate of drug-likeness (QED) is 0.0583. The van der Waals surface area contributed by atoms with Gasteiger partial charge in [0.25, 0.3) is 0 Å². The third kappa shape index (κ3) is 11.2. The first-order valence-corrected chi connectivity index (χ1v) is 19.5. The summed E-state index contributed by atoms with van der Waals surface area (Å²) in [6, 6.07) is 24.3. The molecule has 0 aliphatic carbocycles. The summed E-state index contributed by atoms with van der Waals surface area (Å²) in [5.74, 6) is -0.343. The summed E-state index contributed by atoms with van der Waals surface area (Å²) in [5, 5.41) is 16.3. The summed E-state index contributed by atoms with van der Waals surface area (Å²) in [7, 11) is 0. The van der Waals surface area contributed by atoms with E-state index in [1.54, 1.807) is 6.08 Å². The molecule has 3 aromatic carbocycles. The van der Waals surface area contributed by atoms with Crippen LogP contribution in [0.5, 0.6) is 0 Å². The standard InChI is InChI=1S/C44H55N5O4/c1-4-7-8-9-10-11-12-13-14-15-30-45-40(50)29-18-32-16-19-34(20-17-32)41-42(35-23-21-33(22-24-35)38-31-39(44(51)52)53-48-38)47-43(46-41)36-25-27-37(28-26-36)49(5-2)6-3/h16-29,39H,4-15,30-31H2,1-3H3,(H,45,50)(H,46,47)(H,51,52)/b29-18+. The Bertz CT molecular complexity index is 1810. The summed E-state index contributed by atoms with van der Waals surface area (Å²) in [6.45, 7) is 9.13. The van der Waals surface area contributed by atoms with E-state index in [2.05, 4.69) is 65.4 Å². The third-order valence-corrected chi connectivity index (χ3v) is 9.87. The Morgan fingerprint density at radius 2 is 1.38 bits per heavy atom. The highest BCUT2D eigenvalue weighted by Gasteiger charge is 2.28. The minimum absolute atomic E-state index is 0.0745. The summed E-state index contributed by atoms with van der Waals surface area (Å²) >= 11 is 0. The van der Waals surface area contributed by atoms with Gasteiger partial charge >= 0.3 is 5.97 Å². The Kier molecular flexibility index (Phi) is 14.9. The second-order valence-electron chi connectivity index (χ2n) is 13.7. The zero-order chi connectivity index (χ0) is 37.4. The minimum Gasteiger partial charge on any atom is -0.478 e. The first kappa shape index (κ1) is 39.0. The molecule has 0 bridgehead atoms. The van der Waals surface area contributed by atoms with Crippen LogP contribution in [0, 0.1) is 0 Å². The smallest absolute Gasteiger partial charge is 0.348 e. The lowest BCUT2D eigenvalue weighted by Crippen LogP contribution is -2.21. The molecular weight excluding hydrogens is 663 g/mol. The van der Waals surface area contributed by atoms with E-state index in [1.807, 2.05) is 54.6 Å². The number of aromatic nitrogens is 2. The van der Waals surface area contributed by atoms with Crippen molar-refractivity contribution in [2.45, 2.75) is 97.5 Å². The van der Waals surface area contributed by atoms with Crippen LogP contribution in [-0.2, 0) is 14.4 Å². The van der Waals surface area contributed by atoms with Gasteiger partial charge in [-0.15, -0.1) is 0 Å². The van der Waals surface area contributed by atoms with Crippen LogP contribution >= 0.6 is 0 Å². The molecule has 4 aromatic rings. The van der Waals surface area contributed by atoms with Crippen molar-refractivity contribution in [1.82, 2.24) is 15.3 Å². The highest BCUT2D eigenvalue weighted by Crippen LogP contribution is 2.34. The lowest BCUT2D eigenvalue weighted by molar-refractivity contribution is -0.148. The number of carbonyl (C=O) groups is 2. The third-order valence-electron chi connectivity index (χ3n) is 9.87. The SMILES string of the molecule is CCCCCCCCCCCCNC(=O)/C=C/c1ccc(-c2[nH]c(-c3ccc(N(CC)CC)cc3)nc2-c2ccc(C3=NOC(C(=O)O)C3)cc2)cc1. The molecule has 0 saturated carbocycles. The molecule has 9 nitrogen and oxygen atoms in total. The Hall–Kier alpha value is -5.18. The number of aromatic amines is 1. The van der Waals surface area contributed by atoms with Crippen molar-refractivity contribution in [2.75, 3.05) is 24.5 Å². The van der Waals surface area contributed by atoms with E-state index < -0.39 is 12.1 Å². The monoisotopic (exact) mass is 717 g/mol. The van der Waals surface area contributed by atoms with Gasteiger partial charge < -0.3 is 25.1 Å². The van der Waals surface area contributed by atoms with Crippen LogP contribution in [0.15, 0.2) is 84.0 Å². The number of hydrogen-bond donors (Lipinski definition) is 3.